The number of amides is 1. The van der Waals surface area contributed by atoms with E-state index in [1.165, 1.54) is 12.1 Å². The Morgan fingerprint density at radius 1 is 1.24 bits per heavy atom. The number of aliphatic hydroxyl groups excluding tert-OH is 1. The molecule has 2 aromatic rings. The summed E-state index contributed by atoms with van der Waals surface area (Å²) in [4.78, 5) is 13.1. The van der Waals surface area contributed by atoms with Crippen molar-refractivity contribution in [3.8, 4) is 17.2 Å². The summed E-state index contributed by atoms with van der Waals surface area (Å²) in [7, 11) is 0. The highest BCUT2D eigenvalue weighted by molar-refractivity contribution is 5.96. The highest BCUT2D eigenvalue weighted by Crippen LogP contribution is 2.41. The van der Waals surface area contributed by atoms with Crippen LogP contribution in [-0.2, 0) is 16.0 Å². The molecule has 2 aromatic carbocycles. The van der Waals surface area contributed by atoms with Crippen LogP contribution in [0.5, 0.6) is 17.2 Å². The molecule has 0 spiro atoms. The molecular formula is C26H31F3N2O6. The van der Waals surface area contributed by atoms with Crippen molar-refractivity contribution in [2.45, 2.75) is 70.1 Å². The number of hydrogen-bond donors (Lipinski definition) is 4. The SMILES string of the molecule is CCOC(O)CCc1cc(C2CCCC2)c(O)cc1NC(=O)C1CNc2cc(OC(F)(F)F)ccc2O1. The second kappa shape index (κ2) is 11.5. The molecule has 1 aliphatic carbocycles. The minimum atomic E-state index is -4.82. The maximum Gasteiger partial charge on any atom is 0.573 e. The fraction of sp³-hybridized carbons (Fsp3) is 0.500. The molecule has 0 radical (unpaired) electrons. The zero-order chi connectivity index (χ0) is 26.6. The average Bonchev–Trinajstić information content (AvgIpc) is 3.37. The van der Waals surface area contributed by atoms with E-state index in [9.17, 15) is 28.2 Å². The summed E-state index contributed by atoms with van der Waals surface area (Å²) in [5.41, 5.74) is 2.26. The number of halogens is 3. The molecule has 1 saturated carbocycles. The number of aryl methyl sites for hydroxylation is 1. The molecule has 2 unspecified atom stereocenters. The first-order chi connectivity index (χ1) is 17.6. The number of fused-ring (bicyclic) bond motifs is 1. The largest absolute Gasteiger partial charge is 0.573 e. The molecule has 0 bridgehead atoms. The van der Waals surface area contributed by atoms with E-state index in [2.05, 4.69) is 15.4 Å². The van der Waals surface area contributed by atoms with Crippen LogP contribution in [0.15, 0.2) is 30.3 Å². The number of ether oxygens (including phenoxy) is 3. The van der Waals surface area contributed by atoms with Gasteiger partial charge in [-0.3, -0.25) is 4.79 Å². The lowest BCUT2D eigenvalue weighted by Gasteiger charge is -2.27. The number of hydrogen-bond acceptors (Lipinski definition) is 7. The van der Waals surface area contributed by atoms with Crippen molar-refractivity contribution in [1.82, 2.24) is 0 Å². The summed E-state index contributed by atoms with van der Waals surface area (Å²) >= 11 is 0. The van der Waals surface area contributed by atoms with Crippen molar-refractivity contribution in [3.05, 3.63) is 41.5 Å². The minimum Gasteiger partial charge on any atom is -0.508 e. The third-order valence-electron chi connectivity index (χ3n) is 6.55. The number of aromatic hydroxyl groups is 1. The van der Waals surface area contributed by atoms with Gasteiger partial charge >= 0.3 is 6.36 Å². The van der Waals surface area contributed by atoms with Gasteiger partial charge in [0.25, 0.3) is 5.91 Å². The predicted octanol–water partition coefficient (Wildman–Crippen LogP) is 5.05. The van der Waals surface area contributed by atoms with E-state index in [1.807, 2.05) is 6.07 Å². The minimum absolute atomic E-state index is 0.0127. The number of phenolic OH excluding ortho intramolecular Hbond substituents is 1. The summed E-state index contributed by atoms with van der Waals surface area (Å²) in [5, 5.41) is 26.5. The Kier molecular flexibility index (Phi) is 8.33. The van der Waals surface area contributed by atoms with Crippen LogP contribution in [0.2, 0.25) is 0 Å². The second-order valence-corrected chi connectivity index (χ2v) is 9.18. The van der Waals surface area contributed by atoms with Crippen molar-refractivity contribution in [2.24, 2.45) is 0 Å². The molecule has 8 nitrogen and oxygen atoms in total. The Morgan fingerprint density at radius 3 is 2.70 bits per heavy atom. The molecule has 37 heavy (non-hydrogen) atoms. The lowest BCUT2D eigenvalue weighted by Crippen LogP contribution is -2.41. The van der Waals surface area contributed by atoms with Crippen molar-refractivity contribution < 1.29 is 42.4 Å². The van der Waals surface area contributed by atoms with Gasteiger partial charge in [-0.25, -0.2) is 0 Å². The molecule has 2 aliphatic rings. The van der Waals surface area contributed by atoms with Crippen molar-refractivity contribution in [1.29, 1.82) is 0 Å². The van der Waals surface area contributed by atoms with Gasteiger partial charge < -0.3 is 35.1 Å². The maximum atomic E-state index is 13.1. The zero-order valence-electron chi connectivity index (χ0n) is 20.4. The third-order valence-corrected chi connectivity index (χ3v) is 6.55. The van der Waals surface area contributed by atoms with Gasteiger partial charge in [-0.15, -0.1) is 13.2 Å². The normalized spacial score (nSPS) is 18.5. The molecule has 0 saturated heterocycles. The van der Waals surface area contributed by atoms with Crippen molar-refractivity contribution >= 4 is 17.3 Å². The number of benzene rings is 2. The number of carbonyl (C=O) groups is 1. The Labute approximate surface area is 212 Å². The van der Waals surface area contributed by atoms with Gasteiger partial charge in [0.2, 0.25) is 0 Å². The van der Waals surface area contributed by atoms with Crippen LogP contribution in [0.4, 0.5) is 24.5 Å². The summed E-state index contributed by atoms with van der Waals surface area (Å²) in [6.07, 6.45) is -1.87. The highest BCUT2D eigenvalue weighted by atomic mass is 19.4. The predicted molar refractivity (Wildman–Crippen MR) is 130 cm³/mol. The molecule has 1 heterocycles. The summed E-state index contributed by atoms with van der Waals surface area (Å²) in [5.74, 6) is -0.341. The highest BCUT2D eigenvalue weighted by Gasteiger charge is 2.33. The number of phenols is 1. The molecule has 11 heteroatoms. The smallest absolute Gasteiger partial charge is 0.508 e. The summed E-state index contributed by atoms with van der Waals surface area (Å²) in [6.45, 7) is 2.16. The standard InChI is InChI=1S/C26H31F3N2O6/c1-2-35-24(33)10-7-16-11-18(15-5-3-4-6-15)21(32)13-19(16)31-25(34)23-14-30-20-12-17(37-26(27,28)29)8-9-22(20)36-23/h8-9,11-13,15,23-24,30,32-33H,2-7,10,14H2,1H3,(H,31,34). The third kappa shape index (κ3) is 6.98. The molecule has 1 aliphatic heterocycles. The Balaban J connectivity index is 1.49. The quantitative estimate of drug-likeness (QED) is 0.340. The molecule has 1 fully saturated rings. The van der Waals surface area contributed by atoms with Crippen LogP contribution in [0.3, 0.4) is 0 Å². The van der Waals surface area contributed by atoms with Gasteiger partial charge in [0.05, 0.1) is 12.2 Å². The first kappa shape index (κ1) is 26.9. The van der Waals surface area contributed by atoms with Crippen LogP contribution >= 0.6 is 0 Å². The lowest BCUT2D eigenvalue weighted by atomic mass is 9.92. The number of rotatable bonds is 9. The van der Waals surface area contributed by atoms with Gasteiger partial charge in [0, 0.05) is 30.8 Å². The number of aliphatic hydroxyl groups is 1. The molecule has 4 N–H and O–H groups in total. The van der Waals surface area contributed by atoms with Gasteiger partial charge in [0.1, 0.15) is 17.2 Å². The monoisotopic (exact) mass is 524 g/mol. The fourth-order valence-electron chi connectivity index (χ4n) is 4.80. The summed E-state index contributed by atoms with van der Waals surface area (Å²) in [6, 6.07) is 6.97. The van der Waals surface area contributed by atoms with E-state index >= 15 is 0 Å². The van der Waals surface area contributed by atoms with Crippen LogP contribution in [0, 0.1) is 0 Å². The van der Waals surface area contributed by atoms with E-state index in [1.54, 1.807) is 6.92 Å². The van der Waals surface area contributed by atoms with Gasteiger partial charge in [-0.2, -0.15) is 0 Å². The Morgan fingerprint density at radius 2 is 2.00 bits per heavy atom. The van der Waals surface area contributed by atoms with Gasteiger partial charge in [-0.05, 0) is 61.4 Å². The second-order valence-electron chi connectivity index (χ2n) is 9.18. The number of alkyl halides is 3. The summed E-state index contributed by atoms with van der Waals surface area (Å²) < 4.78 is 52.3. The van der Waals surface area contributed by atoms with E-state index < -0.39 is 30.4 Å². The first-order valence-electron chi connectivity index (χ1n) is 12.4. The van der Waals surface area contributed by atoms with Crippen molar-refractivity contribution in [2.75, 3.05) is 23.8 Å². The van der Waals surface area contributed by atoms with E-state index in [0.717, 1.165) is 48.9 Å². The fourth-order valence-corrected chi connectivity index (χ4v) is 4.80. The number of carbonyl (C=O) groups excluding carboxylic acids is 1. The molecule has 202 valence electrons. The first-order valence-corrected chi connectivity index (χ1v) is 12.4. The van der Waals surface area contributed by atoms with Crippen LogP contribution in [-0.4, -0.2) is 48.0 Å². The maximum absolute atomic E-state index is 13.1. The van der Waals surface area contributed by atoms with Gasteiger partial charge in [0.15, 0.2) is 12.4 Å². The van der Waals surface area contributed by atoms with Gasteiger partial charge in [-0.1, -0.05) is 12.8 Å². The molecular weight excluding hydrogens is 493 g/mol. The van der Waals surface area contributed by atoms with Crippen LogP contribution < -0.4 is 20.1 Å². The molecule has 0 aromatic heterocycles. The number of anilines is 2. The van der Waals surface area contributed by atoms with E-state index in [4.69, 9.17) is 9.47 Å². The average molecular weight is 525 g/mol. The molecule has 4 rings (SSSR count). The van der Waals surface area contributed by atoms with Crippen LogP contribution in [0.1, 0.15) is 56.1 Å². The topological polar surface area (TPSA) is 109 Å². The molecule has 1 amide bonds. The zero-order valence-corrected chi connectivity index (χ0v) is 20.4. The Bertz CT molecular complexity index is 1100. The molecule has 2 atom stereocenters. The number of nitrogens with one attached hydrogen (secondary N) is 2. The van der Waals surface area contributed by atoms with E-state index in [-0.39, 0.29) is 29.6 Å². The Hall–Kier alpha value is -3.18. The van der Waals surface area contributed by atoms with E-state index in [0.29, 0.717) is 25.1 Å². The lowest BCUT2D eigenvalue weighted by molar-refractivity contribution is -0.274. The van der Waals surface area contributed by atoms with Crippen LogP contribution in [0.25, 0.3) is 0 Å². The van der Waals surface area contributed by atoms with Crippen molar-refractivity contribution in [3.63, 3.8) is 0 Å².